The SMILES string of the molecule is COCc1nc(C)cc(N[C@@H](COC)C2CCOCC2)n1. The average molecular weight is 295 g/mol. The second-order valence-electron chi connectivity index (χ2n) is 5.40. The van der Waals surface area contributed by atoms with Gasteiger partial charge in [0, 0.05) is 39.2 Å². The number of hydrogen-bond donors (Lipinski definition) is 1. The smallest absolute Gasteiger partial charge is 0.156 e. The zero-order chi connectivity index (χ0) is 15.1. The van der Waals surface area contributed by atoms with Crippen LogP contribution in [0.5, 0.6) is 0 Å². The van der Waals surface area contributed by atoms with Crippen molar-refractivity contribution in [3.05, 3.63) is 17.6 Å². The van der Waals surface area contributed by atoms with Gasteiger partial charge in [-0.2, -0.15) is 0 Å². The fraction of sp³-hybridized carbons (Fsp3) is 0.733. The fourth-order valence-corrected chi connectivity index (χ4v) is 2.68. The Morgan fingerprint density at radius 1 is 1.29 bits per heavy atom. The molecule has 0 aliphatic carbocycles. The third-order valence-corrected chi connectivity index (χ3v) is 3.69. The molecule has 21 heavy (non-hydrogen) atoms. The molecule has 0 spiro atoms. The van der Waals surface area contributed by atoms with Gasteiger partial charge < -0.3 is 19.5 Å². The number of anilines is 1. The van der Waals surface area contributed by atoms with Gasteiger partial charge in [0.2, 0.25) is 0 Å². The first kappa shape index (κ1) is 16.1. The number of hydrogen-bond acceptors (Lipinski definition) is 6. The molecule has 2 rings (SSSR count). The van der Waals surface area contributed by atoms with E-state index in [0.717, 1.165) is 37.6 Å². The molecule has 0 aromatic carbocycles. The van der Waals surface area contributed by atoms with Crippen molar-refractivity contribution >= 4 is 5.82 Å². The number of nitrogens with one attached hydrogen (secondary N) is 1. The molecule has 1 N–H and O–H groups in total. The van der Waals surface area contributed by atoms with E-state index in [-0.39, 0.29) is 6.04 Å². The molecule has 1 aliphatic heterocycles. The van der Waals surface area contributed by atoms with Crippen LogP contribution in [0.1, 0.15) is 24.4 Å². The second-order valence-corrected chi connectivity index (χ2v) is 5.40. The molecule has 6 heteroatoms. The average Bonchev–Trinajstić information content (AvgIpc) is 2.47. The van der Waals surface area contributed by atoms with Gasteiger partial charge in [0.1, 0.15) is 12.4 Å². The highest BCUT2D eigenvalue weighted by molar-refractivity contribution is 5.37. The molecule has 0 unspecified atom stereocenters. The number of ether oxygens (including phenoxy) is 3. The van der Waals surface area contributed by atoms with Crippen molar-refractivity contribution < 1.29 is 14.2 Å². The number of rotatable bonds is 7. The molecule has 6 nitrogen and oxygen atoms in total. The third kappa shape index (κ3) is 4.91. The van der Waals surface area contributed by atoms with Crippen molar-refractivity contribution in [3.8, 4) is 0 Å². The summed E-state index contributed by atoms with van der Waals surface area (Å²) in [4.78, 5) is 8.87. The van der Waals surface area contributed by atoms with Crippen molar-refractivity contribution in [2.24, 2.45) is 5.92 Å². The van der Waals surface area contributed by atoms with E-state index < -0.39 is 0 Å². The van der Waals surface area contributed by atoms with Crippen LogP contribution in [-0.4, -0.2) is 50.1 Å². The Kier molecular flexibility index (Phi) is 6.35. The van der Waals surface area contributed by atoms with Crippen LogP contribution in [0.15, 0.2) is 6.07 Å². The number of methoxy groups -OCH3 is 2. The summed E-state index contributed by atoms with van der Waals surface area (Å²) in [5.74, 6) is 2.08. The van der Waals surface area contributed by atoms with Gasteiger partial charge >= 0.3 is 0 Å². The predicted molar refractivity (Wildman–Crippen MR) is 80.3 cm³/mol. The van der Waals surface area contributed by atoms with Crippen LogP contribution in [0.2, 0.25) is 0 Å². The lowest BCUT2D eigenvalue weighted by molar-refractivity contribution is 0.0485. The third-order valence-electron chi connectivity index (χ3n) is 3.69. The van der Waals surface area contributed by atoms with Crippen LogP contribution < -0.4 is 5.32 Å². The van der Waals surface area contributed by atoms with Crippen LogP contribution in [-0.2, 0) is 20.8 Å². The Morgan fingerprint density at radius 2 is 2.05 bits per heavy atom. The minimum atomic E-state index is 0.239. The van der Waals surface area contributed by atoms with Crippen molar-refractivity contribution in [2.45, 2.75) is 32.4 Å². The summed E-state index contributed by atoms with van der Waals surface area (Å²) in [6.07, 6.45) is 2.10. The first-order valence-electron chi connectivity index (χ1n) is 7.39. The zero-order valence-electron chi connectivity index (χ0n) is 13.1. The lowest BCUT2D eigenvalue weighted by Crippen LogP contribution is -2.37. The molecule has 0 amide bonds. The molecule has 1 aromatic heterocycles. The Bertz CT molecular complexity index is 436. The van der Waals surface area contributed by atoms with E-state index in [1.165, 1.54) is 0 Å². The van der Waals surface area contributed by atoms with Gasteiger partial charge in [-0.15, -0.1) is 0 Å². The molecule has 1 fully saturated rings. The van der Waals surface area contributed by atoms with Gasteiger partial charge in [-0.25, -0.2) is 9.97 Å². The molecule has 0 radical (unpaired) electrons. The van der Waals surface area contributed by atoms with E-state index in [0.29, 0.717) is 25.0 Å². The highest BCUT2D eigenvalue weighted by Gasteiger charge is 2.24. The molecule has 0 saturated carbocycles. The highest BCUT2D eigenvalue weighted by Crippen LogP contribution is 2.22. The zero-order valence-corrected chi connectivity index (χ0v) is 13.1. The van der Waals surface area contributed by atoms with Crippen LogP contribution in [0.3, 0.4) is 0 Å². The molecule has 1 aliphatic rings. The standard InChI is InChI=1S/C15H25N3O3/c1-11-8-14(18-15(16-11)10-20-3)17-13(9-19-2)12-4-6-21-7-5-12/h8,12-13H,4-7,9-10H2,1-3H3,(H,16,17,18)/t13-/m0/s1. The molecule has 2 heterocycles. The first-order chi connectivity index (χ1) is 10.2. The topological polar surface area (TPSA) is 65.5 Å². The lowest BCUT2D eigenvalue weighted by atomic mass is 9.92. The van der Waals surface area contributed by atoms with Crippen molar-refractivity contribution in [1.29, 1.82) is 0 Å². The quantitative estimate of drug-likeness (QED) is 0.827. The van der Waals surface area contributed by atoms with Crippen molar-refractivity contribution in [2.75, 3.05) is 39.4 Å². The van der Waals surface area contributed by atoms with E-state index in [2.05, 4.69) is 15.3 Å². The van der Waals surface area contributed by atoms with Gasteiger partial charge in [-0.05, 0) is 25.7 Å². The summed E-state index contributed by atoms with van der Waals surface area (Å²) >= 11 is 0. The summed E-state index contributed by atoms with van der Waals surface area (Å²) in [6, 6.07) is 2.20. The van der Waals surface area contributed by atoms with E-state index in [1.54, 1.807) is 14.2 Å². The minimum Gasteiger partial charge on any atom is -0.383 e. The molecule has 1 saturated heterocycles. The Balaban J connectivity index is 2.08. The van der Waals surface area contributed by atoms with E-state index in [9.17, 15) is 0 Å². The van der Waals surface area contributed by atoms with Crippen LogP contribution in [0, 0.1) is 12.8 Å². The maximum Gasteiger partial charge on any atom is 0.156 e. The van der Waals surface area contributed by atoms with Gasteiger partial charge in [0.25, 0.3) is 0 Å². The Hall–Kier alpha value is -1.24. The summed E-state index contributed by atoms with van der Waals surface area (Å²) in [6.45, 7) is 4.69. The first-order valence-corrected chi connectivity index (χ1v) is 7.39. The molecule has 118 valence electrons. The van der Waals surface area contributed by atoms with Crippen LogP contribution in [0.25, 0.3) is 0 Å². The van der Waals surface area contributed by atoms with Crippen molar-refractivity contribution in [1.82, 2.24) is 9.97 Å². The molecule has 1 aromatic rings. The maximum absolute atomic E-state index is 5.44. The maximum atomic E-state index is 5.44. The van der Waals surface area contributed by atoms with Gasteiger partial charge in [-0.3, -0.25) is 0 Å². The molecular formula is C15H25N3O3. The fourth-order valence-electron chi connectivity index (χ4n) is 2.68. The largest absolute Gasteiger partial charge is 0.383 e. The highest BCUT2D eigenvalue weighted by atomic mass is 16.5. The summed E-state index contributed by atoms with van der Waals surface area (Å²) in [7, 11) is 3.38. The normalized spacial score (nSPS) is 17.7. The Labute approximate surface area is 126 Å². The van der Waals surface area contributed by atoms with Gasteiger partial charge in [-0.1, -0.05) is 0 Å². The molecular weight excluding hydrogens is 270 g/mol. The summed E-state index contributed by atoms with van der Waals surface area (Å²) < 4.78 is 15.9. The van der Waals surface area contributed by atoms with Crippen molar-refractivity contribution in [3.63, 3.8) is 0 Å². The van der Waals surface area contributed by atoms with Crippen LogP contribution in [0.4, 0.5) is 5.82 Å². The lowest BCUT2D eigenvalue weighted by Gasteiger charge is -2.31. The molecule has 0 bridgehead atoms. The van der Waals surface area contributed by atoms with Crippen LogP contribution >= 0.6 is 0 Å². The number of nitrogens with zero attached hydrogens (tertiary/aromatic N) is 2. The molecule has 1 atom stereocenters. The second kappa shape index (κ2) is 8.26. The number of aromatic nitrogens is 2. The Morgan fingerprint density at radius 3 is 2.71 bits per heavy atom. The monoisotopic (exact) mass is 295 g/mol. The summed E-state index contributed by atoms with van der Waals surface area (Å²) in [5, 5.41) is 3.50. The van der Waals surface area contributed by atoms with E-state index in [1.807, 2.05) is 13.0 Å². The summed E-state index contributed by atoms with van der Waals surface area (Å²) in [5.41, 5.74) is 0.933. The van der Waals surface area contributed by atoms with Gasteiger partial charge in [0.05, 0.1) is 12.6 Å². The van der Waals surface area contributed by atoms with E-state index in [4.69, 9.17) is 14.2 Å². The predicted octanol–water partition coefficient (Wildman–Crippen LogP) is 1.78. The van der Waals surface area contributed by atoms with E-state index >= 15 is 0 Å². The minimum absolute atomic E-state index is 0.239. The number of aryl methyl sites for hydroxylation is 1. The van der Waals surface area contributed by atoms with Gasteiger partial charge in [0.15, 0.2) is 5.82 Å².